The third-order valence-electron chi connectivity index (χ3n) is 3.92. The molecule has 2 atom stereocenters. The fourth-order valence-electron chi connectivity index (χ4n) is 2.73. The Morgan fingerprint density at radius 2 is 1.95 bits per heavy atom. The zero-order valence-corrected chi connectivity index (χ0v) is 13.4. The van der Waals surface area contributed by atoms with Crippen LogP contribution in [-0.4, -0.2) is 18.3 Å². The largest absolute Gasteiger partial charge is 0.356 e. The number of halogens is 3. The summed E-state index contributed by atoms with van der Waals surface area (Å²) in [5, 5.41) is 3.99. The summed E-state index contributed by atoms with van der Waals surface area (Å²) in [6.45, 7) is 0.720. The molecular formula is C15H18Cl3NO. The average Bonchev–Trinajstić information content (AvgIpc) is 2.88. The number of carbonyl (C=O) groups excluding carboxylic acids is 1. The summed E-state index contributed by atoms with van der Waals surface area (Å²) in [6.07, 6.45) is 3.88. The third-order valence-corrected chi connectivity index (χ3v) is 5.06. The Morgan fingerprint density at radius 1 is 1.20 bits per heavy atom. The molecule has 1 aliphatic carbocycles. The summed E-state index contributed by atoms with van der Waals surface area (Å²) in [5.74, 6) is 1.77. The van der Waals surface area contributed by atoms with Gasteiger partial charge in [0.1, 0.15) is 0 Å². The summed E-state index contributed by atoms with van der Waals surface area (Å²) in [7, 11) is 0. The Balaban J connectivity index is 1.81. The van der Waals surface area contributed by atoms with Crippen LogP contribution in [0.2, 0.25) is 10.0 Å². The van der Waals surface area contributed by atoms with Crippen LogP contribution in [0.1, 0.15) is 24.8 Å². The van der Waals surface area contributed by atoms with E-state index >= 15 is 0 Å². The van der Waals surface area contributed by atoms with Crippen molar-refractivity contribution in [2.24, 2.45) is 11.8 Å². The van der Waals surface area contributed by atoms with Gasteiger partial charge in [-0.15, -0.1) is 11.6 Å². The summed E-state index contributed by atoms with van der Waals surface area (Å²) >= 11 is 17.7. The van der Waals surface area contributed by atoms with E-state index < -0.39 is 0 Å². The first-order valence-electron chi connectivity index (χ1n) is 6.86. The summed E-state index contributed by atoms with van der Waals surface area (Å²) in [5.41, 5.74) is 0.872. The van der Waals surface area contributed by atoms with E-state index in [0.717, 1.165) is 18.5 Å². The Morgan fingerprint density at radius 3 is 2.65 bits per heavy atom. The standard InChI is InChI=1S/C15H18Cl3NO/c16-8-11-2-1-3-12(11)9-19-15(20)7-10-4-5-13(17)14(18)6-10/h4-6,11-12H,1-3,7-9H2,(H,19,20). The monoisotopic (exact) mass is 333 g/mol. The van der Waals surface area contributed by atoms with Crippen molar-refractivity contribution in [3.05, 3.63) is 33.8 Å². The number of carbonyl (C=O) groups is 1. The van der Waals surface area contributed by atoms with Gasteiger partial charge in [0.05, 0.1) is 16.5 Å². The lowest BCUT2D eigenvalue weighted by atomic mass is 9.98. The first-order valence-corrected chi connectivity index (χ1v) is 8.15. The third kappa shape index (κ3) is 4.28. The molecule has 1 amide bonds. The predicted molar refractivity (Wildman–Crippen MR) is 84.7 cm³/mol. The highest BCUT2D eigenvalue weighted by atomic mass is 35.5. The van der Waals surface area contributed by atoms with Gasteiger partial charge < -0.3 is 5.32 Å². The minimum atomic E-state index is 0.0172. The van der Waals surface area contributed by atoms with Crippen molar-refractivity contribution in [2.75, 3.05) is 12.4 Å². The molecule has 1 fully saturated rings. The molecule has 0 spiro atoms. The van der Waals surface area contributed by atoms with Crippen LogP contribution in [0.3, 0.4) is 0 Å². The van der Waals surface area contributed by atoms with E-state index in [0.29, 0.717) is 34.2 Å². The first-order chi connectivity index (χ1) is 9.60. The van der Waals surface area contributed by atoms with Crippen molar-refractivity contribution in [2.45, 2.75) is 25.7 Å². The second kappa shape index (κ2) is 7.53. The molecule has 0 heterocycles. The Hall–Kier alpha value is -0.440. The smallest absolute Gasteiger partial charge is 0.224 e. The van der Waals surface area contributed by atoms with Gasteiger partial charge in [-0.05, 0) is 42.4 Å². The Labute approximate surface area is 134 Å². The van der Waals surface area contributed by atoms with E-state index in [2.05, 4.69) is 5.32 Å². The molecule has 2 unspecified atom stereocenters. The molecule has 1 aliphatic rings. The second-order valence-corrected chi connectivity index (χ2v) is 6.46. The maximum Gasteiger partial charge on any atom is 0.224 e. The number of amides is 1. The molecular weight excluding hydrogens is 317 g/mol. The lowest BCUT2D eigenvalue weighted by Gasteiger charge is -2.17. The quantitative estimate of drug-likeness (QED) is 0.799. The molecule has 110 valence electrons. The molecule has 20 heavy (non-hydrogen) atoms. The van der Waals surface area contributed by atoms with E-state index in [9.17, 15) is 4.79 Å². The number of hydrogen-bond acceptors (Lipinski definition) is 1. The van der Waals surface area contributed by atoms with Gasteiger partial charge in [-0.2, -0.15) is 0 Å². The highest BCUT2D eigenvalue weighted by molar-refractivity contribution is 6.42. The number of benzene rings is 1. The SMILES string of the molecule is O=C(Cc1ccc(Cl)c(Cl)c1)NCC1CCCC1CCl. The summed E-state index contributed by atoms with van der Waals surface area (Å²) in [6, 6.07) is 5.28. The van der Waals surface area contributed by atoms with E-state index in [4.69, 9.17) is 34.8 Å². The van der Waals surface area contributed by atoms with Crippen LogP contribution in [0.15, 0.2) is 18.2 Å². The highest BCUT2D eigenvalue weighted by Gasteiger charge is 2.26. The van der Waals surface area contributed by atoms with Crippen LogP contribution in [0.4, 0.5) is 0 Å². The molecule has 0 radical (unpaired) electrons. The van der Waals surface area contributed by atoms with Crippen molar-refractivity contribution in [3.63, 3.8) is 0 Å². The highest BCUT2D eigenvalue weighted by Crippen LogP contribution is 2.32. The van der Waals surface area contributed by atoms with Gasteiger partial charge in [-0.3, -0.25) is 4.79 Å². The zero-order chi connectivity index (χ0) is 14.5. The van der Waals surface area contributed by atoms with Gasteiger partial charge in [-0.25, -0.2) is 0 Å². The minimum absolute atomic E-state index is 0.0172. The van der Waals surface area contributed by atoms with Crippen LogP contribution in [0.25, 0.3) is 0 Å². The molecule has 0 aromatic heterocycles. The van der Waals surface area contributed by atoms with E-state index in [1.54, 1.807) is 12.1 Å². The molecule has 5 heteroatoms. The Kier molecular flexibility index (Phi) is 6.01. The summed E-state index contributed by atoms with van der Waals surface area (Å²) in [4.78, 5) is 11.9. The maximum atomic E-state index is 11.9. The molecule has 1 N–H and O–H groups in total. The lowest BCUT2D eigenvalue weighted by molar-refractivity contribution is -0.120. The van der Waals surface area contributed by atoms with Gasteiger partial charge in [-0.1, -0.05) is 35.7 Å². The number of alkyl halides is 1. The van der Waals surface area contributed by atoms with E-state index in [-0.39, 0.29) is 5.91 Å². The van der Waals surface area contributed by atoms with E-state index in [1.165, 1.54) is 12.8 Å². The average molecular weight is 335 g/mol. The molecule has 0 aliphatic heterocycles. The van der Waals surface area contributed by atoms with Crippen LogP contribution < -0.4 is 5.32 Å². The minimum Gasteiger partial charge on any atom is -0.356 e. The van der Waals surface area contributed by atoms with Crippen LogP contribution >= 0.6 is 34.8 Å². The van der Waals surface area contributed by atoms with Gasteiger partial charge in [0.2, 0.25) is 5.91 Å². The van der Waals surface area contributed by atoms with Crippen molar-refractivity contribution < 1.29 is 4.79 Å². The summed E-state index contributed by atoms with van der Waals surface area (Å²) < 4.78 is 0. The molecule has 1 saturated carbocycles. The van der Waals surface area contributed by atoms with Crippen LogP contribution in [-0.2, 0) is 11.2 Å². The van der Waals surface area contributed by atoms with Crippen molar-refractivity contribution in [1.82, 2.24) is 5.32 Å². The predicted octanol–water partition coefficient (Wildman–Crippen LogP) is 4.31. The van der Waals surface area contributed by atoms with Gasteiger partial charge in [0, 0.05) is 12.4 Å². The van der Waals surface area contributed by atoms with Gasteiger partial charge in [0.25, 0.3) is 0 Å². The molecule has 1 aromatic carbocycles. The van der Waals surface area contributed by atoms with E-state index in [1.807, 2.05) is 6.07 Å². The molecule has 0 bridgehead atoms. The zero-order valence-electron chi connectivity index (χ0n) is 11.2. The first kappa shape index (κ1) is 15.9. The number of nitrogens with one attached hydrogen (secondary N) is 1. The van der Waals surface area contributed by atoms with Crippen LogP contribution in [0, 0.1) is 11.8 Å². The van der Waals surface area contributed by atoms with Gasteiger partial charge in [0.15, 0.2) is 0 Å². The lowest BCUT2D eigenvalue weighted by Crippen LogP contribution is -2.32. The fourth-order valence-corrected chi connectivity index (χ4v) is 3.45. The number of hydrogen-bond donors (Lipinski definition) is 1. The van der Waals surface area contributed by atoms with Crippen molar-refractivity contribution in [1.29, 1.82) is 0 Å². The van der Waals surface area contributed by atoms with Crippen molar-refractivity contribution in [3.8, 4) is 0 Å². The second-order valence-electron chi connectivity index (χ2n) is 5.33. The van der Waals surface area contributed by atoms with Crippen molar-refractivity contribution >= 4 is 40.7 Å². The normalized spacial score (nSPS) is 21.9. The molecule has 2 nitrogen and oxygen atoms in total. The maximum absolute atomic E-state index is 11.9. The molecule has 0 saturated heterocycles. The topological polar surface area (TPSA) is 29.1 Å². The number of rotatable bonds is 5. The molecule has 2 rings (SSSR count). The molecule has 1 aromatic rings. The van der Waals surface area contributed by atoms with Crippen LogP contribution in [0.5, 0.6) is 0 Å². The fraction of sp³-hybridized carbons (Fsp3) is 0.533. The Bertz CT molecular complexity index is 478. The van der Waals surface area contributed by atoms with Gasteiger partial charge >= 0.3 is 0 Å².